The summed E-state index contributed by atoms with van der Waals surface area (Å²) in [5.74, 6) is -0.936. The van der Waals surface area contributed by atoms with Crippen molar-refractivity contribution in [3.8, 4) is 0 Å². The summed E-state index contributed by atoms with van der Waals surface area (Å²) >= 11 is 2.91. The number of aryl methyl sites for hydroxylation is 1. The van der Waals surface area contributed by atoms with Crippen LogP contribution in [0, 0.1) is 0 Å². The largest absolute Gasteiger partial charge is 0.478 e. The number of carbonyl (C=O) groups excluding carboxylic acids is 1. The standard InChI is InChI=1S/C18H22N2O4S2/c1-5-11-6-12(16(21)22)8-13(7-11)25-15-10-19-14(26-15)9-20-17(23)24-18(2,3)4/h6-8,10H,5,9H2,1-4H3,(H,20,23)(H,21,22). The van der Waals surface area contributed by atoms with E-state index in [-0.39, 0.29) is 12.1 Å². The minimum Gasteiger partial charge on any atom is -0.478 e. The van der Waals surface area contributed by atoms with E-state index in [0.717, 1.165) is 26.1 Å². The number of rotatable bonds is 6. The molecule has 0 aliphatic rings. The van der Waals surface area contributed by atoms with Crippen LogP contribution in [0.15, 0.2) is 33.5 Å². The van der Waals surface area contributed by atoms with Crippen molar-refractivity contribution in [2.24, 2.45) is 0 Å². The zero-order chi connectivity index (χ0) is 19.3. The van der Waals surface area contributed by atoms with Crippen molar-refractivity contribution in [1.29, 1.82) is 0 Å². The van der Waals surface area contributed by atoms with Gasteiger partial charge in [-0.3, -0.25) is 0 Å². The molecule has 0 saturated heterocycles. The zero-order valence-corrected chi connectivity index (χ0v) is 16.8. The van der Waals surface area contributed by atoms with E-state index < -0.39 is 17.7 Å². The van der Waals surface area contributed by atoms with Crippen molar-refractivity contribution in [2.75, 3.05) is 0 Å². The molecular formula is C18H22N2O4S2. The van der Waals surface area contributed by atoms with E-state index in [1.807, 2.05) is 13.0 Å². The number of nitrogens with zero attached hydrogens (tertiary/aromatic N) is 1. The van der Waals surface area contributed by atoms with Crippen LogP contribution in [0.3, 0.4) is 0 Å². The van der Waals surface area contributed by atoms with Crippen LogP contribution in [0.1, 0.15) is 48.6 Å². The molecule has 0 atom stereocenters. The van der Waals surface area contributed by atoms with Gasteiger partial charge in [0.05, 0.1) is 22.5 Å². The fraction of sp³-hybridized carbons (Fsp3) is 0.389. The average molecular weight is 395 g/mol. The summed E-state index contributed by atoms with van der Waals surface area (Å²) in [6.45, 7) is 7.69. The Labute approximate surface area is 161 Å². The van der Waals surface area contributed by atoms with E-state index in [1.165, 1.54) is 23.1 Å². The fourth-order valence-corrected chi connectivity index (χ4v) is 4.11. The van der Waals surface area contributed by atoms with Gasteiger partial charge in [-0.1, -0.05) is 18.7 Å². The van der Waals surface area contributed by atoms with Gasteiger partial charge in [-0.15, -0.1) is 11.3 Å². The number of aromatic nitrogens is 1. The molecule has 0 saturated carbocycles. The third kappa shape index (κ3) is 6.34. The van der Waals surface area contributed by atoms with Crippen molar-refractivity contribution in [3.05, 3.63) is 40.5 Å². The first-order chi connectivity index (χ1) is 12.2. The number of carbonyl (C=O) groups is 2. The van der Waals surface area contributed by atoms with Gasteiger partial charge < -0.3 is 15.2 Å². The summed E-state index contributed by atoms with van der Waals surface area (Å²) in [4.78, 5) is 28.1. The number of thiazole rings is 1. The summed E-state index contributed by atoms with van der Waals surface area (Å²) < 4.78 is 6.12. The second-order valence-corrected chi connectivity index (χ2v) is 9.04. The van der Waals surface area contributed by atoms with E-state index in [9.17, 15) is 14.7 Å². The molecule has 0 fully saturated rings. The SMILES string of the molecule is CCc1cc(Sc2cnc(CNC(=O)OC(C)(C)C)s2)cc(C(=O)O)c1. The maximum Gasteiger partial charge on any atom is 0.408 e. The van der Waals surface area contributed by atoms with Crippen LogP contribution >= 0.6 is 23.1 Å². The molecule has 1 amide bonds. The highest BCUT2D eigenvalue weighted by Gasteiger charge is 2.16. The molecule has 26 heavy (non-hydrogen) atoms. The van der Waals surface area contributed by atoms with E-state index in [1.54, 1.807) is 39.1 Å². The first-order valence-corrected chi connectivity index (χ1v) is 9.76. The number of alkyl carbamates (subject to hydrolysis) is 1. The van der Waals surface area contributed by atoms with E-state index in [4.69, 9.17) is 4.74 Å². The van der Waals surface area contributed by atoms with Gasteiger partial charge in [0.2, 0.25) is 0 Å². The van der Waals surface area contributed by atoms with Gasteiger partial charge in [-0.25, -0.2) is 14.6 Å². The number of nitrogens with one attached hydrogen (secondary N) is 1. The molecule has 2 rings (SSSR count). The van der Waals surface area contributed by atoms with Gasteiger partial charge >= 0.3 is 12.1 Å². The molecule has 0 unspecified atom stereocenters. The third-order valence-electron chi connectivity index (χ3n) is 3.16. The van der Waals surface area contributed by atoms with Gasteiger partial charge in [0.1, 0.15) is 10.6 Å². The molecule has 1 heterocycles. The van der Waals surface area contributed by atoms with Crippen LogP contribution in [0.5, 0.6) is 0 Å². The van der Waals surface area contributed by atoms with Crippen molar-refractivity contribution in [1.82, 2.24) is 10.3 Å². The zero-order valence-electron chi connectivity index (χ0n) is 15.2. The first-order valence-electron chi connectivity index (χ1n) is 8.13. The quantitative estimate of drug-likeness (QED) is 0.745. The lowest BCUT2D eigenvalue weighted by atomic mass is 10.1. The molecule has 1 aromatic carbocycles. The second-order valence-electron chi connectivity index (χ2n) is 6.55. The third-order valence-corrected chi connectivity index (χ3v) is 5.23. The molecule has 0 aliphatic heterocycles. The minimum absolute atomic E-state index is 0.281. The van der Waals surface area contributed by atoms with Crippen LogP contribution in [0.25, 0.3) is 0 Å². The predicted octanol–water partition coefficient (Wildman–Crippen LogP) is 4.58. The smallest absolute Gasteiger partial charge is 0.408 e. The van der Waals surface area contributed by atoms with E-state index in [2.05, 4.69) is 10.3 Å². The molecule has 0 spiro atoms. The molecule has 2 aromatic rings. The number of carboxylic acids is 1. The van der Waals surface area contributed by atoms with E-state index >= 15 is 0 Å². The summed E-state index contributed by atoms with van der Waals surface area (Å²) in [7, 11) is 0. The summed E-state index contributed by atoms with van der Waals surface area (Å²) in [6, 6.07) is 5.33. The summed E-state index contributed by atoms with van der Waals surface area (Å²) in [5, 5.41) is 12.7. The summed E-state index contributed by atoms with van der Waals surface area (Å²) in [6.07, 6.45) is 2.01. The molecular weight excluding hydrogens is 372 g/mol. The Kier molecular flexibility index (Phi) is 6.66. The van der Waals surface area contributed by atoms with Crippen LogP contribution in [0.4, 0.5) is 4.79 Å². The van der Waals surface area contributed by atoms with Crippen molar-refractivity contribution in [3.63, 3.8) is 0 Å². The lowest BCUT2D eigenvalue weighted by Gasteiger charge is -2.19. The minimum atomic E-state index is -0.936. The van der Waals surface area contributed by atoms with Gasteiger partial charge in [0.25, 0.3) is 0 Å². The Morgan fingerprint density at radius 3 is 2.65 bits per heavy atom. The topological polar surface area (TPSA) is 88.5 Å². The Hall–Kier alpha value is -2.06. The van der Waals surface area contributed by atoms with Gasteiger partial charge in [0, 0.05) is 4.90 Å². The second kappa shape index (κ2) is 8.55. The van der Waals surface area contributed by atoms with Crippen molar-refractivity contribution in [2.45, 2.75) is 55.4 Å². The Balaban J connectivity index is 2.01. The van der Waals surface area contributed by atoms with Gasteiger partial charge in [-0.2, -0.15) is 0 Å². The fourth-order valence-electron chi connectivity index (χ4n) is 2.05. The van der Waals surface area contributed by atoms with E-state index in [0.29, 0.717) is 0 Å². The van der Waals surface area contributed by atoms with Gasteiger partial charge in [0.15, 0.2) is 0 Å². The predicted molar refractivity (Wildman–Crippen MR) is 102 cm³/mol. The Bertz CT molecular complexity index is 797. The number of benzene rings is 1. The Morgan fingerprint density at radius 1 is 1.31 bits per heavy atom. The Morgan fingerprint density at radius 2 is 2.04 bits per heavy atom. The number of hydrogen-bond acceptors (Lipinski definition) is 6. The molecule has 1 aromatic heterocycles. The number of ether oxygens (including phenoxy) is 1. The maximum atomic E-state index is 11.7. The van der Waals surface area contributed by atoms with Crippen molar-refractivity contribution < 1.29 is 19.4 Å². The number of amides is 1. The van der Waals surface area contributed by atoms with Crippen molar-refractivity contribution >= 4 is 35.2 Å². The molecule has 6 nitrogen and oxygen atoms in total. The van der Waals surface area contributed by atoms with Crippen LogP contribution in [-0.4, -0.2) is 27.8 Å². The van der Waals surface area contributed by atoms with Crippen LogP contribution < -0.4 is 5.32 Å². The monoisotopic (exact) mass is 394 g/mol. The normalized spacial score (nSPS) is 11.2. The molecule has 0 aliphatic carbocycles. The highest BCUT2D eigenvalue weighted by Crippen LogP contribution is 2.33. The molecule has 140 valence electrons. The van der Waals surface area contributed by atoms with Gasteiger partial charge in [-0.05, 0) is 51.0 Å². The van der Waals surface area contributed by atoms with Crippen LogP contribution in [-0.2, 0) is 17.7 Å². The number of carboxylic acid groups (broad SMARTS) is 1. The van der Waals surface area contributed by atoms with Crippen LogP contribution in [0.2, 0.25) is 0 Å². The molecule has 2 N–H and O–H groups in total. The average Bonchev–Trinajstić information content (AvgIpc) is 2.98. The highest BCUT2D eigenvalue weighted by molar-refractivity contribution is 8.01. The first kappa shape index (κ1) is 20.3. The number of hydrogen-bond donors (Lipinski definition) is 2. The summed E-state index contributed by atoms with van der Waals surface area (Å²) in [5.41, 5.74) is 0.715. The lowest BCUT2D eigenvalue weighted by molar-refractivity contribution is 0.0523. The molecule has 0 bridgehead atoms. The maximum absolute atomic E-state index is 11.7. The molecule has 8 heteroatoms. The lowest BCUT2D eigenvalue weighted by Crippen LogP contribution is -2.32. The number of aromatic carboxylic acids is 1. The highest BCUT2D eigenvalue weighted by atomic mass is 32.2. The molecule has 0 radical (unpaired) electrons.